The SMILES string of the molecule is CC(C)(C)[C]1=Cc2ccccc2[CH2][Sb]1[c]1ccccc1. The van der Waals surface area contributed by atoms with Crippen LogP contribution in [0.4, 0.5) is 0 Å². The van der Waals surface area contributed by atoms with Gasteiger partial charge in [-0.2, -0.15) is 0 Å². The van der Waals surface area contributed by atoms with E-state index in [-0.39, 0.29) is 5.41 Å². The molecule has 0 aromatic heterocycles. The normalized spacial score (nSPS) is 15.7. The van der Waals surface area contributed by atoms with Crippen molar-refractivity contribution in [3.05, 3.63) is 69.2 Å². The molecule has 0 amide bonds. The molecule has 0 fully saturated rings. The first-order valence-electron chi connectivity index (χ1n) is 7.18. The molecular weight excluding hydrogens is 350 g/mol. The second-order valence-corrected chi connectivity index (χ2v) is 12.6. The molecule has 0 atom stereocenters. The van der Waals surface area contributed by atoms with Crippen LogP contribution in [0, 0.1) is 5.41 Å². The molecule has 0 radical (unpaired) electrons. The van der Waals surface area contributed by atoms with Crippen LogP contribution in [0.3, 0.4) is 0 Å². The summed E-state index contributed by atoms with van der Waals surface area (Å²) >= 11 is -1.61. The van der Waals surface area contributed by atoms with Crippen LogP contribution in [0.1, 0.15) is 31.9 Å². The van der Waals surface area contributed by atoms with Crippen molar-refractivity contribution >= 4 is 29.8 Å². The number of allylic oxidation sites excluding steroid dienone is 1. The molecule has 2 aromatic rings. The van der Waals surface area contributed by atoms with Gasteiger partial charge >= 0.3 is 130 Å². The van der Waals surface area contributed by atoms with Crippen molar-refractivity contribution in [1.29, 1.82) is 0 Å². The van der Waals surface area contributed by atoms with E-state index in [4.69, 9.17) is 0 Å². The van der Waals surface area contributed by atoms with Crippen molar-refractivity contribution in [2.24, 2.45) is 5.41 Å². The Balaban J connectivity index is 2.12. The molecule has 0 nitrogen and oxygen atoms in total. The third kappa shape index (κ3) is 2.72. The number of benzene rings is 2. The van der Waals surface area contributed by atoms with E-state index in [1.807, 2.05) is 0 Å². The zero-order valence-electron chi connectivity index (χ0n) is 12.4. The van der Waals surface area contributed by atoms with Crippen LogP contribution in [-0.4, -0.2) is 20.2 Å². The standard InChI is InChI=1S/C13H16.C6H5.Sb/c1-11-7-5-6-8-12(11)9-10-13(2,3)4;1-2-4-6-5-3-1;/h5-9H,1H2,2-4H3;1-5H;. The van der Waals surface area contributed by atoms with Crippen LogP contribution in [0.25, 0.3) is 6.08 Å². The Morgan fingerprint density at radius 2 is 1.50 bits per heavy atom. The molecule has 0 N–H and O–H groups in total. The van der Waals surface area contributed by atoms with Gasteiger partial charge in [-0.3, -0.25) is 0 Å². The fraction of sp³-hybridized carbons (Fsp3) is 0.263. The molecule has 1 aliphatic heterocycles. The van der Waals surface area contributed by atoms with Crippen LogP contribution in [0.2, 0.25) is 0 Å². The van der Waals surface area contributed by atoms with Crippen molar-refractivity contribution in [2.75, 3.05) is 0 Å². The quantitative estimate of drug-likeness (QED) is 0.661. The van der Waals surface area contributed by atoms with E-state index in [1.165, 1.54) is 9.93 Å². The summed E-state index contributed by atoms with van der Waals surface area (Å²) < 4.78 is 4.64. The number of rotatable bonds is 1. The predicted molar refractivity (Wildman–Crippen MR) is 89.4 cm³/mol. The van der Waals surface area contributed by atoms with Gasteiger partial charge in [0, 0.05) is 0 Å². The average molecular weight is 371 g/mol. The van der Waals surface area contributed by atoms with Crippen LogP contribution < -0.4 is 3.51 Å². The molecule has 0 unspecified atom stereocenters. The van der Waals surface area contributed by atoms with Crippen LogP contribution in [0.15, 0.2) is 58.1 Å². The third-order valence-corrected chi connectivity index (χ3v) is 12.3. The number of hydrogen-bond acceptors (Lipinski definition) is 0. The maximum atomic E-state index is 2.49. The summed E-state index contributed by atoms with van der Waals surface area (Å²) in [5.41, 5.74) is 3.27. The van der Waals surface area contributed by atoms with E-state index in [1.54, 1.807) is 12.6 Å². The van der Waals surface area contributed by atoms with Gasteiger partial charge in [-0.15, -0.1) is 0 Å². The Bertz CT molecular complexity index is 632. The molecule has 0 spiro atoms. The Hall–Kier alpha value is -1.00. The summed E-state index contributed by atoms with van der Waals surface area (Å²) in [4.78, 5) is 0. The Labute approximate surface area is 129 Å². The molecular formula is C19H21Sb. The molecule has 1 heterocycles. The summed E-state index contributed by atoms with van der Waals surface area (Å²) in [5, 5.41) is 0. The van der Waals surface area contributed by atoms with Crippen LogP contribution in [-0.2, 0) is 4.37 Å². The fourth-order valence-corrected chi connectivity index (χ4v) is 11.0. The van der Waals surface area contributed by atoms with Crippen LogP contribution >= 0.6 is 0 Å². The second-order valence-electron chi connectivity index (χ2n) is 6.40. The van der Waals surface area contributed by atoms with Crippen molar-refractivity contribution in [2.45, 2.75) is 25.1 Å². The van der Waals surface area contributed by atoms with Crippen LogP contribution in [0.5, 0.6) is 0 Å². The summed E-state index contributed by atoms with van der Waals surface area (Å²) in [6.45, 7) is 7.10. The summed E-state index contributed by atoms with van der Waals surface area (Å²) in [6.07, 6.45) is 2.49. The fourth-order valence-electron chi connectivity index (χ4n) is 2.76. The molecule has 0 saturated heterocycles. The van der Waals surface area contributed by atoms with Gasteiger partial charge in [0.05, 0.1) is 0 Å². The molecule has 1 heteroatoms. The van der Waals surface area contributed by atoms with E-state index >= 15 is 0 Å². The first-order valence-corrected chi connectivity index (χ1v) is 11.5. The molecule has 20 heavy (non-hydrogen) atoms. The van der Waals surface area contributed by atoms with Gasteiger partial charge in [-0.25, -0.2) is 0 Å². The minimum absolute atomic E-state index is 0.284. The van der Waals surface area contributed by atoms with E-state index < -0.39 is 20.2 Å². The molecule has 1 aliphatic rings. The summed E-state index contributed by atoms with van der Waals surface area (Å²) in [6, 6.07) is 20.1. The minimum atomic E-state index is -1.61. The topological polar surface area (TPSA) is 0 Å². The zero-order valence-corrected chi connectivity index (χ0v) is 15.0. The summed E-state index contributed by atoms with van der Waals surface area (Å²) in [5.74, 6) is 0. The first kappa shape index (κ1) is 14.0. The Kier molecular flexibility index (Phi) is 3.78. The molecule has 0 aliphatic carbocycles. The van der Waals surface area contributed by atoms with E-state index in [9.17, 15) is 0 Å². The molecule has 102 valence electrons. The molecule has 3 rings (SSSR count). The van der Waals surface area contributed by atoms with E-state index in [2.05, 4.69) is 81.4 Å². The van der Waals surface area contributed by atoms with Gasteiger partial charge in [0.1, 0.15) is 0 Å². The third-order valence-electron chi connectivity index (χ3n) is 3.80. The summed E-state index contributed by atoms with van der Waals surface area (Å²) in [7, 11) is 0. The van der Waals surface area contributed by atoms with Crippen molar-refractivity contribution < 1.29 is 0 Å². The molecule has 0 saturated carbocycles. The van der Waals surface area contributed by atoms with Gasteiger partial charge in [0.15, 0.2) is 0 Å². The van der Waals surface area contributed by atoms with Gasteiger partial charge in [-0.05, 0) is 0 Å². The average Bonchev–Trinajstić information content (AvgIpc) is 2.46. The zero-order chi connectivity index (χ0) is 14.2. The van der Waals surface area contributed by atoms with Gasteiger partial charge < -0.3 is 0 Å². The number of fused-ring (bicyclic) bond motifs is 1. The van der Waals surface area contributed by atoms with E-state index in [0.717, 1.165) is 0 Å². The monoisotopic (exact) mass is 370 g/mol. The van der Waals surface area contributed by atoms with Gasteiger partial charge in [0.2, 0.25) is 0 Å². The molecule has 0 bridgehead atoms. The van der Waals surface area contributed by atoms with Gasteiger partial charge in [-0.1, -0.05) is 0 Å². The number of hydrogen-bond donors (Lipinski definition) is 0. The van der Waals surface area contributed by atoms with E-state index in [0.29, 0.717) is 0 Å². The Morgan fingerprint density at radius 3 is 2.20 bits per heavy atom. The molecule has 2 aromatic carbocycles. The van der Waals surface area contributed by atoms with Crippen molar-refractivity contribution in [3.8, 4) is 0 Å². The van der Waals surface area contributed by atoms with Crippen molar-refractivity contribution in [3.63, 3.8) is 0 Å². The van der Waals surface area contributed by atoms with Crippen molar-refractivity contribution in [1.82, 2.24) is 0 Å². The maximum absolute atomic E-state index is 2.49. The second kappa shape index (κ2) is 5.41. The van der Waals surface area contributed by atoms with Gasteiger partial charge in [0.25, 0.3) is 0 Å². The predicted octanol–water partition coefficient (Wildman–Crippen LogP) is 4.15. The first-order chi connectivity index (χ1) is 9.55. The Morgan fingerprint density at radius 1 is 0.850 bits per heavy atom.